The Hall–Kier alpha value is -3.16. The Morgan fingerprint density at radius 1 is 1.16 bits per heavy atom. The number of hydrogen-bond acceptors (Lipinski definition) is 3. The van der Waals surface area contributed by atoms with E-state index in [1.165, 1.54) is 6.07 Å². The summed E-state index contributed by atoms with van der Waals surface area (Å²) in [4.78, 5) is 19.5. The van der Waals surface area contributed by atoms with Gasteiger partial charge in [-0.25, -0.2) is 13.6 Å². The first kappa shape index (κ1) is 21.1. The minimum absolute atomic E-state index is 0.0466. The number of carbonyl (C=O) groups is 1. The van der Waals surface area contributed by atoms with Gasteiger partial charge in [0, 0.05) is 12.6 Å². The van der Waals surface area contributed by atoms with E-state index in [-0.39, 0.29) is 11.2 Å². The molecular weight excluding hydrogens is 400 g/mol. The molecule has 2 aliphatic rings. The molecule has 3 N–H and O–H groups in total. The van der Waals surface area contributed by atoms with E-state index < -0.39 is 23.2 Å². The summed E-state index contributed by atoms with van der Waals surface area (Å²) in [7, 11) is 0. The number of fused-ring (bicyclic) bond motifs is 1. The Labute approximate surface area is 180 Å². The maximum Gasteiger partial charge on any atom is 0.322 e. The number of aliphatic imine (C=N–C) groups is 1. The van der Waals surface area contributed by atoms with Gasteiger partial charge in [0.2, 0.25) is 0 Å². The smallest absolute Gasteiger partial charge is 0.322 e. The third-order valence-electron chi connectivity index (χ3n) is 5.41. The molecule has 2 aromatic carbocycles. The average Bonchev–Trinajstić information content (AvgIpc) is 2.70. The van der Waals surface area contributed by atoms with Gasteiger partial charge < -0.3 is 20.9 Å². The van der Waals surface area contributed by atoms with Gasteiger partial charge in [0.25, 0.3) is 0 Å². The molecule has 6 nitrogen and oxygen atoms in total. The van der Waals surface area contributed by atoms with Gasteiger partial charge in [-0.3, -0.25) is 4.99 Å². The summed E-state index contributed by atoms with van der Waals surface area (Å²) in [6, 6.07) is 10.6. The SMILES string of the molecule is CC(C)(C)N=C1Nc2ccccc2NC12CCCN(C(=O)Nc1ccc(F)cc1F)C2. The van der Waals surface area contributed by atoms with Crippen LogP contribution >= 0.6 is 0 Å². The molecule has 0 radical (unpaired) electrons. The minimum Gasteiger partial charge on any atom is -0.370 e. The predicted octanol–water partition coefficient (Wildman–Crippen LogP) is 5.07. The molecule has 1 saturated heterocycles. The van der Waals surface area contributed by atoms with Crippen molar-refractivity contribution >= 4 is 28.9 Å². The number of halogens is 2. The fourth-order valence-corrected chi connectivity index (χ4v) is 4.05. The summed E-state index contributed by atoms with van der Waals surface area (Å²) in [5.74, 6) is -0.711. The van der Waals surface area contributed by atoms with Crippen molar-refractivity contribution in [2.75, 3.05) is 29.0 Å². The largest absolute Gasteiger partial charge is 0.370 e. The third-order valence-corrected chi connectivity index (χ3v) is 5.41. The molecule has 0 aliphatic carbocycles. The Morgan fingerprint density at radius 2 is 1.90 bits per heavy atom. The van der Waals surface area contributed by atoms with Gasteiger partial charge in [0.15, 0.2) is 0 Å². The zero-order valence-electron chi connectivity index (χ0n) is 17.9. The van der Waals surface area contributed by atoms with Crippen LogP contribution in [0.25, 0.3) is 0 Å². The summed E-state index contributed by atoms with van der Waals surface area (Å²) in [5, 5.41) is 9.65. The maximum atomic E-state index is 14.0. The van der Waals surface area contributed by atoms with Crippen molar-refractivity contribution in [1.29, 1.82) is 0 Å². The maximum absolute atomic E-state index is 14.0. The topological polar surface area (TPSA) is 68.8 Å². The molecule has 0 saturated carbocycles. The molecule has 1 atom stereocenters. The number of nitrogens with zero attached hydrogens (tertiary/aromatic N) is 2. The van der Waals surface area contributed by atoms with Gasteiger partial charge in [-0.1, -0.05) is 12.1 Å². The van der Waals surface area contributed by atoms with E-state index >= 15 is 0 Å². The molecule has 1 spiro atoms. The first-order valence-corrected chi connectivity index (χ1v) is 10.4. The van der Waals surface area contributed by atoms with E-state index in [0.29, 0.717) is 13.1 Å². The Bertz CT molecular complexity index is 1030. The first-order valence-electron chi connectivity index (χ1n) is 10.4. The molecule has 1 unspecified atom stereocenters. The van der Waals surface area contributed by atoms with Gasteiger partial charge in [-0.15, -0.1) is 0 Å². The fourth-order valence-electron chi connectivity index (χ4n) is 4.05. The summed E-state index contributed by atoms with van der Waals surface area (Å²) in [5.41, 5.74) is 0.937. The first-order chi connectivity index (χ1) is 14.7. The number of hydrogen-bond donors (Lipinski definition) is 3. The van der Waals surface area contributed by atoms with Gasteiger partial charge in [0.05, 0.1) is 29.1 Å². The van der Waals surface area contributed by atoms with Gasteiger partial charge in [-0.05, 0) is 57.9 Å². The number of carbonyl (C=O) groups excluding carboxylic acids is 1. The van der Waals surface area contributed by atoms with Crippen LogP contribution in [0.3, 0.4) is 0 Å². The van der Waals surface area contributed by atoms with E-state index in [2.05, 4.69) is 16.0 Å². The molecule has 31 heavy (non-hydrogen) atoms. The molecule has 164 valence electrons. The van der Waals surface area contributed by atoms with E-state index in [1.54, 1.807) is 4.90 Å². The van der Waals surface area contributed by atoms with Crippen LogP contribution in [0.1, 0.15) is 33.6 Å². The van der Waals surface area contributed by atoms with Gasteiger partial charge >= 0.3 is 6.03 Å². The summed E-state index contributed by atoms with van der Waals surface area (Å²) in [6.07, 6.45) is 1.54. The lowest BCUT2D eigenvalue weighted by atomic mass is 9.85. The van der Waals surface area contributed by atoms with Crippen LogP contribution in [-0.4, -0.2) is 40.9 Å². The summed E-state index contributed by atoms with van der Waals surface area (Å²) >= 11 is 0. The second-order valence-corrected chi connectivity index (χ2v) is 9.09. The van der Waals surface area contributed by atoms with Crippen molar-refractivity contribution in [2.45, 2.75) is 44.7 Å². The highest BCUT2D eigenvalue weighted by Gasteiger charge is 2.45. The number of para-hydroxylation sites is 2. The molecule has 0 bridgehead atoms. The molecule has 1 fully saturated rings. The van der Waals surface area contributed by atoms with Crippen LogP contribution in [0.2, 0.25) is 0 Å². The highest BCUT2D eigenvalue weighted by Crippen LogP contribution is 2.37. The van der Waals surface area contributed by atoms with Crippen LogP contribution in [0.15, 0.2) is 47.5 Å². The monoisotopic (exact) mass is 427 g/mol. The number of rotatable bonds is 1. The second-order valence-electron chi connectivity index (χ2n) is 9.09. The molecule has 2 aliphatic heterocycles. The molecule has 2 heterocycles. The molecule has 4 rings (SSSR count). The fraction of sp³-hybridized carbons (Fsp3) is 0.391. The van der Waals surface area contributed by atoms with E-state index in [9.17, 15) is 13.6 Å². The van der Waals surface area contributed by atoms with Crippen molar-refractivity contribution in [3.8, 4) is 0 Å². The van der Waals surface area contributed by atoms with E-state index in [4.69, 9.17) is 4.99 Å². The standard InChI is InChI=1S/C23H27F2N5O/c1-22(2,3)29-20-23(28-19-8-5-4-7-18(19)26-20)11-6-12-30(14-23)21(31)27-17-10-9-15(24)13-16(17)25/h4-5,7-10,13,28H,6,11-12,14H2,1-3H3,(H,26,29)(H,27,31). The van der Waals surface area contributed by atoms with E-state index in [0.717, 1.165) is 42.2 Å². The van der Waals surface area contributed by atoms with Crippen molar-refractivity contribution in [2.24, 2.45) is 4.99 Å². The number of amides is 2. The molecular formula is C23H27F2N5O. The number of nitrogens with one attached hydrogen (secondary N) is 3. The highest BCUT2D eigenvalue weighted by molar-refractivity contribution is 6.10. The number of urea groups is 1. The lowest BCUT2D eigenvalue weighted by molar-refractivity contribution is 0.186. The van der Waals surface area contributed by atoms with Crippen molar-refractivity contribution in [1.82, 2.24) is 4.90 Å². The molecule has 0 aromatic heterocycles. The minimum atomic E-state index is -0.804. The van der Waals surface area contributed by atoms with Crippen LogP contribution in [-0.2, 0) is 0 Å². The van der Waals surface area contributed by atoms with Crippen molar-refractivity contribution in [3.63, 3.8) is 0 Å². The number of amidine groups is 1. The van der Waals surface area contributed by atoms with E-state index in [1.807, 2.05) is 45.0 Å². The van der Waals surface area contributed by atoms with Crippen molar-refractivity contribution in [3.05, 3.63) is 54.1 Å². The van der Waals surface area contributed by atoms with Crippen LogP contribution in [0.5, 0.6) is 0 Å². The number of likely N-dealkylation sites (tertiary alicyclic amines) is 1. The second kappa shape index (κ2) is 7.83. The number of anilines is 3. The summed E-state index contributed by atoms with van der Waals surface area (Å²) < 4.78 is 27.2. The third kappa shape index (κ3) is 4.47. The zero-order valence-corrected chi connectivity index (χ0v) is 17.9. The Morgan fingerprint density at radius 3 is 2.61 bits per heavy atom. The number of piperidine rings is 1. The van der Waals surface area contributed by atoms with Crippen LogP contribution in [0, 0.1) is 11.6 Å². The lowest BCUT2D eigenvalue weighted by Crippen LogP contribution is -2.63. The Balaban J connectivity index is 1.62. The highest BCUT2D eigenvalue weighted by atomic mass is 19.1. The molecule has 2 aromatic rings. The molecule has 2 amide bonds. The molecule has 8 heteroatoms. The lowest BCUT2D eigenvalue weighted by Gasteiger charge is -2.47. The van der Waals surface area contributed by atoms with Gasteiger partial charge in [0.1, 0.15) is 23.0 Å². The van der Waals surface area contributed by atoms with Crippen LogP contribution < -0.4 is 16.0 Å². The Kier molecular flexibility index (Phi) is 5.33. The van der Waals surface area contributed by atoms with Crippen LogP contribution in [0.4, 0.5) is 30.6 Å². The summed E-state index contributed by atoms with van der Waals surface area (Å²) in [6.45, 7) is 6.97. The van der Waals surface area contributed by atoms with Crippen molar-refractivity contribution < 1.29 is 13.6 Å². The predicted molar refractivity (Wildman–Crippen MR) is 120 cm³/mol. The number of benzene rings is 2. The quantitative estimate of drug-likeness (QED) is 0.595. The van der Waals surface area contributed by atoms with Gasteiger partial charge in [-0.2, -0.15) is 0 Å². The zero-order chi connectivity index (χ0) is 22.2. The average molecular weight is 427 g/mol. The normalized spacial score (nSPS) is 22.0.